The normalized spacial score (nSPS) is 14.5. The van der Waals surface area contributed by atoms with Gasteiger partial charge in [-0.2, -0.15) is 5.10 Å². The molecule has 1 aliphatic rings. The summed E-state index contributed by atoms with van der Waals surface area (Å²) in [5.74, 6) is 0.520. The Bertz CT molecular complexity index is 1140. The smallest absolute Gasteiger partial charge is 0.270 e. The molecule has 4 aromatic rings. The van der Waals surface area contributed by atoms with Crippen molar-refractivity contribution in [2.24, 2.45) is 0 Å². The molecular formula is C19H18N6O. The van der Waals surface area contributed by atoms with Crippen LogP contribution in [-0.2, 0) is 0 Å². The van der Waals surface area contributed by atoms with Crippen LogP contribution in [-0.4, -0.2) is 44.1 Å². The summed E-state index contributed by atoms with van der Waals surface area (Å²) in [6.07, 6.45) is 3.89. The Morgan fingerprint density at radius 3 is 2.81 bits per heavy atom. The van der Waals surface area contributed by atoms with Crippen molar-refractivity contribution in [1.29, 1.82) is 0 Å². The number of carbonyl (C=O) groups excluding carboxylic acids is 1. The van der Waals surface area contributed by atoms with E-state index in [-0.39, 0.29) is 5.91 Å². The predicted octanol–water partition coefficient (Wildman–Crippen LogP) is 2.92. The minimum atomic E-state index is 0.0426. The van der Waals surface area contributed by atoms with Crippen molar-refractivity contribution in [2.75, 3.05) is 18.8 Å². The summed E-state index contributed by atoms with van der Waals surface area (Å²) in [4.78, 5) is 22.2. The van der Waals surface area contributed by atoms with E-state index in [0.29, 0.717) is 17.2 Å². The minimum Gasteiger partial charge on any atom is -0.382 e. The van der Waals surface area contributed by atoms with Crippen molar-refractivity contribution >= 4 is 33.7 Å². The Kier molecular flexibility index (Phi) is 3.21. The maximum atomic E-state index is 12.7. The molecule has 4 heterocycles. The van der Waals surface area contributed by atoms with Crippen molar-refractivity contribution < 1.29 is 4.79 Å². The van der Waals surface area contributed by atoms with Crippen molar-refractivity contribution in [3.05, 3.63) is 42.2 Å². The summed E-state index contributed by atoms with van der Waals surface area (Å²) in [5.41, 5.74) is 10.2. The molecule has 1 aliphatic heterocycles. The number of rotatable bonds is 2. The molecule has 0 unspecified atom stereocenters. The predicted molar refractivity (Wildman–Crippen MR) is 101 cm³/mol. The molecule has 4 N–H and O–H groups in total. The average molecular weight is 346 g/mol. The molecule has 130 valence electrons. The van der Waals surface area contributed by atoms with Crippen LogP contribution in [0.25, 0.3) is 33.1 Å². The van der Waals surface area contributed by atoms with E-state index in [4.69, 9.17) is 5.73 Å². The van der Waals surface area contributed by atoms with E-state index >= 15 is 0 Å². The molecular weight excluding hydrogens is 328 g/mol. The lowest BCUT2D eigenvalue weighted by atomic mass is 10.0. The number of hydrogen-bond donors (Lipinski definition) is 3. The maximum Gasteiger partial charge on any atom is 0.270 e. The first-order chi connectivity index (χ1) is 12.7. The molecule has 0 radical (unpaired) electrons. The van der Waals surface area contributed by atoms with Crippen LogP contribution in [0.2, 0.25) is 0 Å². The number of benzene rings is 1. The fourth-order valence-electron chi connectivity index (χ4n) is 3.69. The van der Waals surface area contributed by atoms with E-state index in [0.717, 1.165) is 53.3 Å². The van der Waals surface area contributed by atoms with E-state index in [1.165, 1.54) is 0 Å². The highest BCUT2D eigenvalue weighted by Gasteiger charge is 2.22. The molecule has 1 aromatic carbocycles. The second-order valence-corrected chi connectivity index (χ2v) is 6.67. The SMILES string of the molecule is Nc1n[nH]c2ccc(-c3ccnc4[nH]c(C(=O)N5CCCC5)cc34)cc12. The van der Waals surface area contributed by atoms with Gasteiger partial charge in [-0.15, -0.1) is 0 Å². The number of nitrogens with zero attached hydrogens (tertiary/aromatic N) is 3. The number of aromatic amines is 2. The first-order valence-electron chi connectivity index (χ1n) is 8.72. The summed E-state index contributed by atoms with van der Waals surface area (Å²) in [5, 5.41) is 8.77. The molecule has 1 amide bonds. The number of aromatic nitrogens is 4. The Balaban J connectivity index is 1.63. The molecule has 0 spiro atoms. The van der Waals surface area contributed by atoms with Crippen molar-refractivity contribution in [2.45, 2.75) is 12.8 Å². The van der Waals surface area contributed by atoms with Gasteiger partial charge in [0.05, 0.1) is 5.52 Å². The molecule has 0 bridgehead atoms. The number of fused-ring (bicyclic) bond motifs is 2. The van der Waals surface area contributed by atoms with Gasteiger partial charge < -0.3 is 15.6 Å². The third kappa shape index (κ3) is 2.24. The number of amides is 1. The number of anilines is 1. The zero-order valence-electron chi connectivity index (χ0n) is 14.1. The molecule has 1 fully saturated rings. The van der Waals surface area contributed by atoms with Crippen LogP contribution >= 0.6 is 0 Å². The first kappa shape index (κ1) is 14.9. The van der Waals surface area contributed by atoms with Gasteiger partial charge in [0, 0.05) is 30.1 Å². The second kappa shape index (κ2) is 5.59. The molecule has 5 rings (SSSR count). The Morgan fingerprint density at radius 1 is 1.12 bits per heavy atom. The lowest BCUT2D eigenvalue weighted by Gasteiger charge is -2.13. The van der Waals surface area contributed by atoms with Crippen LogP contribution in [0.1, 0.15) is 23.3 Å². The van der Waals surface area contributed by atoms with Gasteiger partial charge in [-0.1, -0.05) is 6.07 Å². The number of likely N-dealkylation sites (tertiary alicyclic amines) is 1. The highest BCUT2D eigenvalue weighted by molar-refractivity contribution is 6.03. The largest absolute Gasteiger partial charge is 0.382 e. The topological polar surface area (TPSA) is 104 Å². The molecule has 0 atom stereocenters. The van der Waals surface area contributed by atoms with Gasteiger partial charge in [-0.05, 0) is 48.2 Å². The number of pyridine rings is 1. The molecule has 1 saturated heterocycles. The maximum absolute atomic E-state index is 12.7. The number of carbonyl (C=O) groups is 1. The van der Waals surface area contributed by atoms with Crippen molar-refractivity contribution in [3.63, 3.8) is 0 Å². The van der Waals surface area contributed by atoms with Gasteiger partial charge in [-0.3, -0.25) is 9.89 Å². The van der Waals surface area contributed by atoms with E-state index in [2.05, 4.69) is 20.2 Å². The highest BCUT2D eigenvalue weighted by Crippen LogP contribution is 2.31. The Hall–Kier alpha value is -3.35. The summed E-state index contributed by atoms with van der Waals surface area (Å²) in [6, 6.07) is 9.85. The standard InChI is InChI=1S/C19H18N6O/c20-17-14-9-11(3-4-15(14)23-24-17)12-5-6-21-18-13(12)10-16(22-18)19(26)25-7-1-2-8-25/h3-6,9-10H,1-2,7-8H2,(H,21,22)(H3,20,23,24). The van der Waals surface area contributed by atoms with Gasteiger partial charge in [-0.25, -0.2) is 4.98 Å². The molecule has 26 heavy (non-hydrogen) atoms. The summed E-state index contributed by atoms with van der Waals surface area (Å²) >= 11 is 0. The van der Waals surface area contributed by atoms with Gasteiger partial charge in [0.25, 0.3) is 5.91 Å². The van der Waals surface area contributed by atoms with Gasteiger partial charge in [0.15, 0.2) is 5.82 Å². The lowest BCUT2D eigenvalue weighted by molar-refractivity contribution is 0.0788. The number of nitrogen functional groups attached to an aromatic ring is 1. The average Bonchev–Trinajstić information content (AvgIpc) is 3.40. The zero-order valence-corrected chi connectivity index (χ0v) is 14.1. The van der Waals surface area contributed by atoms with Crippen LogP contribution in [0.5, 0.6) is 0 Å². The quantitative estimate of drug-likeness (QED) is 0.519. The van der Waals surface area contributed by atoms with E-state index < -0.39 is 0 Å². The van der Waals surface area contributed by atoms with Gasteiger partial charge in [0.1, 0.15) is 11.3 Å². The van der Waals surface area contributed by atoms with Crippen LogP contribution in [0.4, 0.5) is 5.82 Å². The molecule has 0 saturated carbocycles. The monoisotopic (exact) mass is 346 g/mol. The highest BCUT2D eigenvalue weighted by atomic mass is 16.2. The van der Waals surface area contributed by atoms with Crippen LogP contribution in [0.3, 0.4) is 0 Å². The second-order valence-electron chi connectivity index (χ2n) is 6.67. The first-order valence-corrected chi connectivity index (χ1v) is 8.72. The fraction of sp³-hybridized carbons (Fsp3) is 0.211. The number of hydrogen-bond acceptors (Lipinski definition) is 4. The molecule has 0 aliphatic carbocycles. The Morgan fingerprint density at radius 2 is 1.96 bits per heavy atom. The van der Waals surface area contributed by atoms with Crippen LogP contribution in [0.15, 0.2) is 36.5 Å². The summed E-state index contributed by atoms with van der Waals surface area (Å²) in [6.45, 7) is 1.65. The minimum absolute atomic E-state index is 0.0426. The van der Waals surface area contributed by atoms with E-state index in [1.54, 1.807) is 6.20 Å². The molecule has 7 heteroatoms. The lowest BCUT2D eigenvalue weighted by Crippen LogP contribution is -2.27. The van der Waals surface area contributed by atoms with Gasteiger partial charge in [0.2, 0.25) is 0 Å². The fourth-order valence-corrected chi connectivity index (χ4v) is 3.69. The van der Waals surface area contributed by atoms with Crippen molar-refractivity contribution in [1.82, 2.24) is 25.1 Å². The van der Waals surface area contributed by atoms with E-state index in [9.17, 15) is 4.79 Å². The van der Waals surface area contributed by atoms with Crippen molar-refractivity contribution in [3.8, 4) is 11.1 Å². The van der Waals surface area contributed by atoms with Crippen LogP contribution in [0, 0.1) is 0 Å². The number of nitrogens with one attached hydrogen (secondary N) is 2. The van der Waals surface area contributed by atoms with Gasteiger partial charge >= 0.3 is 0 Å². The number of H-pyrrole nitrogens is 2. The zero-order chi connectivity index (χ0) is 17.7. The Labute approximate surface area is 149 Å². The summed E-state index contributed by atoms with van der Waals surface area (Å²) < 4.78 is 0. The molecule has 3 aromatic heterocycles. The molecule has 7 nitrogen and oxygen atoms in total. The van der Waals surface area contributed by atoms with E-state index in [1.807, 2.05) is 35.2 Å². The third-order valence-electron chi connectivity index (χ3n) is 5.06. The van der Waals surface area contributed by atoms with Crippen LogP contribution < -0.4 is 5.73 Å². The number of nitrogens with two attached hydrogens (primary N) is 1. The third-order valence-corrected chi connectivity index (χ3v) is 5.06. The summed E-state index contributed by atoms with van der Waals surface area (Å²) in [7, 11) is 0.